The molecule has 0 amide bonds. The molecule has 0 spiro atoms. The van der Waals surface area contributed by atoms with Crippen LogP contribution >= 0.6 is 0 Å². The van der Waals surface area contributed by atoms with Gasteiger partial charge in [0.2, 0.25) is 10.0 Å². The van der Waals surface area contributed by atoms with Crippen LogP contribution in [0.4, 0.5) is 0 Å². The Kier molecular flexibility index (Phi) is 5.45. The highest BCUT2D eigenvalue weighted by Gasteiger charge is 2.43. The van der Waals surface area contributed by atoms with Crippen LogP contribution in [-0.4, -0.2) is 55.6 Å². The van der Waals surface area contributed by atoms with Crippen molar-refractivity contribution < 1.29 is 8.42 Å². The Bertz CT molecular complexity index is 792. The second-order valence-electron chi connectivity index (χ2n) is 8.67. The summed E-state index contributed by atoms with van der Waals surface area (Å²) in [6.45, 7) is 8.55. The molecule has 0 radical (unpaired) electrons. The van der Waals surface area contributed by atoms with Crippen molar-refractivity contribution >= 4 is 15.6 Å². The highest BCUT2D eigenvalue weighted by molar-refractivity contribution is 7.89. The van der Waals surface area contributed by atoms with E-state index in [1.54, 1.807) is 18.2 Å². The molecule has 5 heteroatoms. The predicted molar refractivity (Wildman–Crippen MR) is 111 cm³/mol. The van der Waals surface area contributed by atoms with Crippen molar-refractivity contribution in [1.82, 2.24) is 9.21 Å². The summed E-state index contributed by atoms with van der Waals surface area (Å²) in [4.78, 5) is 2.56. The Morgan fingerprint density at radius 2 is 1.78 bits per heavy atom. The zero-order valence-corrected chi connectivity index (χ0v) is 17.4. The van der Waals surface area contributed by atoms with E-state index < -0.39 is 10.0 Å². The van der Waals surface area contributed by atoms with E-state index in [0.717, 1.165) is 19.4 Å². The molecule has 2 heterocycles. The number of hydrogen-bond acceptors (Lipinski definition) is 3. The number of rotatable bonds is 6. The van der Waals surface area contributed by atoms with Crippen LogP contribution in [0.1, 0.15) is 44.2 Å². The molecular weight excluding hydrogens is 356 g/mol. The van der Waals surface area contributed by atoms with Crippen molar-refractivity contribution in [3.8, 4) is 0 Å². The SMILES string of the molecule is CC(C)S(=O)(=O)N1CC2CC=C(c3ccc(CCN4CCCC4)cc3)C2C1. The van der Waals surface area contributed by atoms with Gasteiger partial charge in [0.25, 0.3) is 0 Å². The second kappa shape index (κ2) is 7.69. The summed E-state index contributed by atoms with van der Waals surface area (Å²) >= 11 is 0. The average molecular weight is 389 g/mol. The number of hydrogen-bond donors (Lipinski definition) is 0. The molecule has 0 saturated carbocycles. The quantitative estimate of drug-likeness (QED) is 0.750. The van der Waals surface area contributed by atoms with Gasteiger partial charge in [-0.3, -0.25) is 0 Å². The van der Waals surface area contributed by atoms with E-state index >= 15 is 0 Å². The Hall–Kier alpha value is -1.17. The molecule has 0 aromatic heterocycles. The fourth-order valence-electron chi connectivity index (χ4n) is 4.85. The summed E-state index contributed by atoms with van der Waals surface area (Å²) in [5, 5.41) is -0.335. The van der Waals surface area contributed by atoms with Crippen molar-refractivity contribution in [2.45, 2.75) is 44.8 Å². The molecule has 1 aromatic rings. The summed E-state index contributed by atoms with van der Waals surface area (Å²) in [6, 6.07) is 9.01. The lowest BCUT2D eigenvalue weighted by Gasteiger charge is -2.20. The molecule has 2 fully saturated rings. The third-order valence-corrected chi connectivity index (χ3v) is 8.82. The van der Waals surface area contributed by atoms with E-state index in [2.05, 4.69) is 35.2 Å². The molecule has 1 aliphatic carbocycles. The first kappa shape index (κ1) is 19.2. The Balaban J connectivity index is 1.40. The van der Waals surface area contributed by atoms with Gasteiger partial charge in [-0.15, -0.1) is 0 Å². The average Bonchev–Trinajstić information content (AvgIpc) is 3.37. The number of benzene rings is 1. The van der Waals surface area contributed by atoms with Crippen LogP contribution in [0, 0.1) is 11.8 Å². The Labute approximate surface area is 164 Å². The monoisotopic (exact) mass is 388 g/mol. The first-order valence-electron chi connectivity index (χ1n) is 10.5. The maximum atomic E-state index is 12.5. The van der Waals surface area contributed by atoms with E-state index in [1.165, 1.54) is 42.6 Å². The van der Waals surface area contributed by atoms with E-state index in [4.69, 9.17) is 0 Å². The molecule has 2 aliphatic heterocycles. The van der Waals surface area contributed by atoms with E-state index in [9.17, 15) is 8.42 Å². The van der Waals surface area contributed by atoms with Crippen LogP contribution in [0.3, 0.4) is 0 Å². The molecular formula is C22H32N2O2S. The first-order valence-corrected chi connectivity index (χ1v) is 12.0. The van der Waals surface area contributed by atoms with Crippen molar-refractivity contribution in [2.24, 2.45) is 11.8 Å². The van der Waals surface area contributed by atoms with Gasteiger partial charge in [0.05, 0.1) is 5.25 Å². The van der Waals surface area contributed by atoms with Gasteiger partial charge in [-0.2, -0.15) is 0 Å². The van der Waals surface area contributed by atoms with Gasteiger partial charge in [-0.25, -0.2) is 12.7 Å². The van der Waals surface area contributed by atoms with Crippen LogP contribution in [0.15, 0.2) is 30.3 Å². The zero-order valence-electron chi connectivity index (χ0n) is 16.6. The molecule has 2 saturated heterocycles. The molecule has 0 bridgehead atoms. The van der Waals surface area contributed by atoms with Gasteiger partial charge in [0.15, 0.2) is 0 Å². The third-order valence-electron chi connectivity index (χ3n) is 6.61. The molecule has 27 heavy (non-hydrogen) atoms. The molecule has 3 aliphatic rings. The predicted octanol–water partition coefficient (Wildman–Crippen LogP) is 3.40. The van der Waals surface area contributed by atoms with Crippen LogP contribution in [0.5, 0.6) is 0 Å². The van der Waals surface area contributed by atoms with Crippen LogP contribution in [0.25, 0.3) is 5.57 Å². The zero-order chi connectivity index (χ0) is 19.0. The Morgan fingerprint density at radius 3 is 2.44 bits per heavy atom. The largest absolute Gasteiger partial charge is 0.303 e. The van der Waals surface area contributed by atoms with Gasteiger partial charge in [0.1, 0.15) is 0 Å². The lowest BCUT2D eigenvalue weighted by molar-refractivity contribution is 0.343. The van der Waals surface area contributed by atoms with E-state index in [0.29, 0.717) is 24.9 Å². The second-order valence-corrected chi connectivity index (χ2v) is 11.2. The minimum Gasteiger partial charge on any atom is -0.303 e. The van der Waals surface area contributed by atoms with Gasteiger partial charge in [0, 0.05) is 25.6 Å². The Morgan fingerprint density at radius 1 is 1.07 bits per heavy atom. The minimum absolute atomic E-state index is 0.335. The highest BCUT2D eigenvalue weighted by atomic mass is 32.2. The summed E-state index contributed by atoms with van der Waals surface area (Å²) in [5.41, 5.74) is 4.03. The molecule has 2 atom stereocenters. The van der Waals surface area contributed by atoms with Gasteiger partial charge >= 0.3 is 0 Å². The number of sulfonamides is 1. The topological polar surface area (TPSA) is 40.6 Å². The highest BCUT2D eigenvalue weighted by Crippen LogP contribution is 2.44. The van der Waals surface area contributed by atoms with E-state index in [-0.39, 0.29) is 5.25 Å². The van der Waals surface area contributed by atoms with Crippen molar-refractivity contribution in [1.29, 1.82) is 0 Å². The molecule has 148 valence electrons. The van der Waals surface area contributed by atoms with Crippen LogP contribution in [-0.2, 0) is 16.4 Å². The van der Waals surface area contributed by atoms with Crippen LogP contribution in [0.2, 0.25) is 0 Å². The maximum Gasteiger partial charge on any atom is 0.216 e. The lowest BCUT2D eigenvalue weighted by atomic mass is 9.90. The molecule has 2 unspecified atom stereocenters. The molecule has 0 N–H and O–H groups in total. The molecule has 1 aromatic carbocycles. The minimum atomic E-state index is -3.15. The molecule has 4 rings (SSSR count). The summed E-state index contributed by atoms with van der Waals surface area (Å²) in [7, 11) is -3.15. The van der Waals surface area contributed by atoms with Crippen molar-refractivity contribution in [3.63, 3.8) is 0 Å². The molecule has 4 nitrogen and oxygen atoms in total. The lowest BCUT2D eigenvalue weighted by Crippen LogP contribution is -2.35. The smallest absolute Gasteiger partial charge is 0.216 e. The van der Waals surface area contributed by atoms with Crippen LogP contribution < -0.4 is 0 Å². The van der Waals surface area contributed by atoms with E-state index in [1.807, 2.05) is 0 Å². The fraction of sp³-hybridized carbons (Fsp3) is 0.636. The number of fused-ring (bicyclic) bond motifs is 1. The maximum absolute atomic E-state index is 12.5. The fourth-order valence-corrected chi connectivity index (χ4v) is 6.21. The standard InChI is InChI=1S/C22H32N2O2S/c1-17(2)27(25,26)24-15-20-9-10-21(22(20)16-24)19-7-5-18(6-8-19)11-14-23-12-3-4-13-23/h5-8,10,17,20,22H,3-4,9,11-16H2,1-2H3. The van der Waals surface area contributed by atoms with Gasteiger partial charge < -0.3 is 4.90 Å². The number of likely N-dealkylation sites (tertiary alicyclic amines) is 1. The number of nitrogens with zero attached hydrogens (tertiary/aromatic N) is 2. The van der Waals surface area contributed by atoms with Crippen molar-refractivity contribution in [2.75, 3.05) is 32.7 Å². The van der Waals surface area contributed by atoms with Crippen molar-refractivity contribution in [3.05, 3.63) is 41.5 Å². The normalized spacial score (nSPS) is 26.7. The van der Waals surface area contributed by atoms with Gasteiger partial charge in [-0.05, 0) is 75.2 Å². The number of allylic oxidation sites excluding steroid dienone is 1. The van der Waals surface area contributed by atoms with Gasteiger partial charge in [-0.1, -0.05) is 30.3 Å². The third kappa shape index (κ3) is 3.87. The summed E-state index contributed by atoms with van der Waals surface area (Å²) in [5.74, 6) is 0.803. The summed E-state index contributed by atoms with van der Waals surface area (Å²) in [6.07, 6.45) is 7.15. The summed E-state index contributed by atoms with van der Waals surface area (Å²) < 4.78 is 26.8. The first-order chi connectivity index (χ1) is 12.9.